The summed E-state index contributed by atoms with van der Waals surface area (Å²) in [6.07, 6.45) is 3.42. The third-order valence-electron chi connectivity index (χ3n) is 5.50. The van der Waals surface area contributed by atoms with Crippen LogP contribution in [0.15, 0.2) is 58.3 Å². The number of aromatic nitrogens is 1. The average molecular weight is 469 g/mol. The highest BCUT2D eigenvalue weighted by Crippen LogP contribution is 2.40. The molecule has 0 saturated heterocycles. The quantitative estimate of drug-likeness (QED) is 0.354. The van der Waals surface area contributed by atoms with E-state index in [0.29, 0.717) is 41.4 Å². The second-order valence-electron chi connectivity index (χ2n) is 8.06. The number of nitrogens with one attached hydrogen (secondary N) is 1. The fourth-order valence-corrected chi connectivity index (χ4v) is 4.59. The topological polar surface area (TPSA) is 77.5 Å². The van der Waals surface area contributed by atoms with Gasteiger partial charge in [0.2, 0.25) is 0 Å². The van der Waals surface area contributed by atoms with Gasteiger partial charge < -0.3 is 14.8 Å². The minimum Gasteiger partial charge on any atom is -0.462 e. The molecular weight excluding hydrogens is 436 g/mol. The second kappa shape index (κ2) is 11.8. The van der Waals surface area contributed by atoms with Crippen LogP contribution >= 0.6 is 11.3 Å². The zero-order chi connectivity index (χ0) is 23.8. The Morgan fingerprint density at radius 1 is 0.939 bits per heavy atom. The van der Waals surface area contributed by atoms with Crippen molar-refractivity contribution in [2.75, 3.05) is 13.2 Å². The Bertz CT molecular complexity index is 996. The molecule has 0 spiro atoms. The molecule has 1 aromatic heterocycles. The summed E-state index contributed by atoms with van der Waals surface area (Å²) in [5.74, 6) is -1.51. The molecule has 0 amide bonds. The van der Waals surface area contributed by atoms with Gasteiger partial charge in [-0.3, -0.25) is 0 Å². The van der Waals surface area contributed by atoms with Crippen molar-refractivity contribution in [1.82, 2.24) is 10.3 Å². The molecule has 1 aliphatic rings. The number of esters is 2. The van der Waals surface area contributed by atoms with Crippen LogP contribution in [0, 0.1) is 0 Å². The van der Waals surface area contributed by atoms with Gasteiger partial charge in [0.1, 0.15) is 5.01 Å². The monoisotopic (exact) mass is 468 g/mol. The molecule has 0 saturated carbocycles. The largest absolute Gasteiger partial charge is 0.462 e. The predicted octanol–water partition coefficient (Wildman–Crippen LogP) is 5.73. The lowest BCUT2D eigenvalue weighted by atomic mass is 9.83. The van der Waals surface area contributed by atoms with E-state index in [1.165, 1.54) is 11.3 Å². The van der Waals surface area contributed by atoms with Crippen molar-refractivity contribution < 1.29 is 19.1 Å². The fraction of sp³-hybridized carbons (Fsp3) is 0.423. The molecule has 1 aliphatic heterocycles. The smallest absolute Gasteiger partial charge is 0.336 e. The Hall–Kier alpha value is -2.93. The molecule has 6 nitrogen and oxygen atoms in total. The van der Waals surface area contributed by atoms with Crippen molar-refractivity contribution in [3.05, 3.63) is 63.9 Å². The number of allylic oxidation sites excluding steroid dienone is 2. The number of carbonyl (C=O) groups excluding carboxylic acids is 2. The minimum absolute atomic E-state index is 0.337. The maximum Gasteiger partial charge on any atom is 0.336 e. The van der Waals surface area contributed by atoms with Crippen LogP contribution in [0.2, 0.25) is 0 Å². The summed E-state index contributed by atoms with van der Waals surface area (Å²) in [5.41, 5.74) is 3.78. The van der Waals surface area contributed by atoms with Gasteiger partial charge in [0.25, 0.3) is 0 Å². The fourth-order valence-electron chi connectivity index (χ4n) is 3.74. The number of hydrogen-bond donors (Lipinski definition) is 1. The Balaban J connectivity index is 2.02. The van der Waals surface area contributed by atoms with Crippen LogP contribution < -0.4 is 5.32 Å². The summed E-state index contributed by atoms with van der Waals surface area (Å²) in [6.45, 7) is 8.42. The maximum absolute atomic E-state index is 13.2. The van der Waals surface area contributed by atoms with Crippen LogP contribution in [-0.2, 0) is 19.1 Å². The van der Waals surface area contributed by atoms with Crippen molar-refractivity contribution in [3.63, 3.8) is 0 Å². The molecule has 33 heavy (non-hydrogen) atoms. The molecule has 0 radical (unpaired) electrons. The molecule has 176 valence electrons. The molecule has 3 rings (SSSR count). The molecule has 0 unspecified atom stereocenters. The number of rotatable bonds is 10. The Kier molecular flexibility index (Phi) is 8.83. The van der Waals surface area contributed by atoms with E-state index in [1.54, 1.807) is 0 Å². The first-order valence-corrected chi connectivity index (χ1v) is 12.4. The van der Waals surface area contributed by atoms with E-state index < -0.39 is 17.9 Å². The van der Waals surface area contributed by atoms with Crippen molar-refractivity contribution in [2.24, 2.45) is 0 Å². The van der Waals surface area contributed by atoms with Crippen LogP contribution in [0.25, 0.3) is 10.6 Å². The van der Waals surface area contributed by atoms with Gasteiger partial charge in [-0.25, -0.2) is 14.6 Å². The average Bonchev–Trinajstić information content (AvgIpc) is 3.29. The first-order valence-electron chi connectivity index (χ1n) is 11.5. The highest BCUT2D eigenvalue weighted by Gasteiger charge is 2.39. The van der Waals surface area contributed by atoms with Gasteiger partial charge in [0.05, 0.1) is 36.0 Å². The van der Waals surface area contributed by atoms with E-state index in [1.807, 2.05) is 63.4 Å². The summed E-state index contributed by atoms with van der Waals surface area (Å²) in [6, 6.07) is 9.86. The van der Waals surface area contributed by atoms with Crippen molar-refractivity contribution in [3.8, 4) is 10.6 Å². The number of hydrogen-bond acceptors (Lipinski definition) is 7. The molecule has 0 aliphatic carbocycles. The predicted molar refractivity (Wildman–Crippen MR) is 131 cm³/mol. The van der Waals surface area contributed by atoms with Crippen molar-refractivity contribution >= 4 is 23.3 Å². The zero-order valence-corrected chi connectivity index (χ0v) is 20.6. The minimum atomic E-state index is -0.650. The lowest BCUT2D eigenvalue weighted by molar-refractivity contribution is -0.140. The molecule has 7 heteroatoms. The van der Waals surface area contributed by atoms with E-state index in [-0.39, 0.29) is 0 Å². The number of unbranched alkanes of at least 4 members (excludes halogenated alkanes) is 2. The highest BCUT2D eigenvalue weighted by molar-refractivity contribution is 7.13. The third kappa shape index (κ3) is 5.90. The van der Waals surface area contributed by atoms with Crippen LogP contribution in [0.5, 0.6) is 0 Å². The Morgan fingerprint density at radius 2 is 1.48 bits per heavy atom. The van der Waals surface area contributed by atoms with Crippen LogP contribution in [0.3, 0.4) is 0 Å². The Morgan fingerprint density at radius 3 is 2.00 bits per heavy atom. The highest BCUT2D eigenvalue weighted by atomic mass is 32.1. The number of ether oxygens (including phenoxy) is 2. The normalized spacial score (nSPS) is 14.3. The SMILES string of the molecule is CCCCOC(=O)C1=C(C)NC(C)=C(C(=O)OCCCC)C1c1csc(-c2ccccc2)n1. The third-order valence-corrected chi connectivity index (χ3v) is 6.41. The molecule has 1 N–H and O–H groups in total. The van der Waals surface area contributed by atoms with Gasteiger partial charge in [-0.1, -0.05) is 57.0 Å². The summed E-state index contributed by atoms with van der Waals surface area (Å²) >= 11 is 1.49. The summed E-state index contributed by atoms with van der Waals surface area (Å²) in [5, 5.41) is 5.94. The first kappa shape index (κ1) is 24.7. The molecule has 1 aromatic carbocycles. The number of thiazole rings is 1. The molecule has 0 atom stereocenters. The lowest BCUT2D eigenvalue weighted by Gasteiger charge is -2.29. The maximum atomic E-state index is 13.2. The van der Waals surface area contributed by atoms with Gasteiger partial charge in [-0.05, 0) is 26.7 Å². The van der Waals surface area contributed by atoms with Gasteiger partial charge in [0.15, 0.2) is 0 Å². The van der Waals surface area contributed by atoms with Crippen molar-refractivity contribution in [2.45, 2.75) is 59.3 Å². The Labute approximate surface area is 199 Å². The standard InChI is InChI=1S/C26H32N2O4S/c1-5-7-14-31-25(29)21-17(3)27-18(4)22(26(30)32-15-8-6-2)23(21)20-16-33-24(28-20)19-12-10-9-11-13-19/h9-13,16,23,27H,5-8,14-15H2,1-4H3. The number of nitrogens with zero attached hydrogens (tertiary/aromatic N) is 1. The number of benzene rings is 1. The van der Waals surface area contributed by atoms with Crippen LogP contribution in [-0.4, -0.2) is 30.1 Å². The molecular formula is C26H32N2O4S. The van der Waals surface area contributed by atoms with E-state index >= 15 is 0 Å². The second-order valence-corrected chi connectivity index (χ2v) is 8.92. The van der Waals surface area contributed by atoms with E-state index in [2.05, 4.69) is 5.32 Å². The summed E-state index contributed by atoms with van der Waals surface area (Å²) in [7, 11) is 0. The van der Waals surface area contributed by atoms with Crippen LogP contribution in [0.4, 0.5) is 0 Å². The first-order chi connectivity index (χ1) is 16.0. The van der Waals surface area contributed by atoms with Gasteiger partial charge in [-0.15, -0.1) is 11.3 Å². The van der Waals surface area contributed by atoms with E-state index in [0.717, 1.165) is 36.3 Å². The molecule has 2 heterocycles. The van der Waals surface area contributed by atoms with Crippen LogP contribution in [0.1, 0.15) is 65.0 Å². The van der Waals surface area contributed by atoms with Gasteiger partial charge >= 0.3 is 11.9 Å². The van der Waals surface area contributed by atoms with E-state index in [4.69, 9.17) is 14.5 Å². The summed E-state index contributed by atoms with van der Waals surface area (Å²) < 4.78 is 11.1. The summed E-state index contributed by atoms with van der Waals surface area (Å²) in [4.78, 5) is 31.2. The molecule has 0 bridgehead atoms. The molecule has 0 fully saturated rings. The van der Waals surface area contributed by atoms with E-state index in [9.17, 15) is 9.59 Å². The number of carbonyl (C=O) groups is 2. The van der Waals surface area contributed by atoms with Crippen molar-refractivity contribution in [1.29, 1.82) is 0 Å². The zero-order valence-electron chi connectivity index (χ0n) is 19.8. The lowest BCUT2D eigenvalue weighted by Crippen LogP contribution is -2.33. The molecule has 2 aromatic rings. The van der Waals surface area contributed by atoms with Gasteiger partial charge in [-0.2, -0.15) is 0 Å². The van der Waals surface area contributed by atoms with Gasteiger partial charge in [0, 0.05) is 22.3 Å². The number of dihydropyridines is 1.